The van der Waals surface area contributed by atoms with Crippen LogP contribution in [0, 0.1) is 5.92 Å². The lowest BCUT2D eigenvalue weighted by Gasteiger charge is -2.35. The van der Waals surface area contributed by atoms with Gasteiger partial charge in [0.25, 0.3) is 11.8 Å². The molecule has 4 aliphatic rings. The fourth-order valence-electron chi connectivity index (χ4n) is 5.55. The highest BCUT2D eigenvalue weighted by Gasteiger charge is 2.44. The van der Waals surface area contributed by atoms with E-state index in [9.17, 15) is 19.2 Å². The number of nitrogens with zero attached hydrogens (tertiary/aromatic N) is 2. The predicted molar refractivity (Wildman–Crippen MR) is 112 cm³/mol. The largest absolute Gasteiger partial charge is 0.314 e. The van der Waals surface area contributed by atoms with E-state index in [1.54, 1.807) is 12.1 Å². The van der Waals surface area contributed by atoms with Crippen molar-refractivity contribution in [1.29, 1.82) is 0 Å². The van der Waals surface area contributed by atoms with Crippen molar-refractivity contribution in [1.82, 2.24) is 20.4 Å². The second kappa shape index (κ2) is 8.16. The zero-order valence-electron chi connectivity index (χ0n) is 17.6. The standard InChI is InChI=1S/C23H28N4O4/c28-20-8-7-19(21(29)25-20)27-22(30)16-6-5-14(11-17(16)23(27)31)12-26-10-2-3-15(13-26)18-4-1-9-24-18/h5-6,11,15,18-19,24H,1-4,7-10,12-13H2,(H,25,28,29). The summed E-state index contributed by atoms with van der Waals surface area (Å²) in [5.74, 6) is -1.18. The molecule has 31 heavy (non-hydrogen) atoms. The number of carbonyl (C=O) groups excluding carboxylic acids is 4. The molecule has 3 fully saturated rings. The van der Waals surface area contributed by atoms with Gasteiger partial charge in [0.2, 0.25) is 11.8 Å². The first-order valence-corrected chi connectivity index (χ1v) is 11.3. The third kappa shape index (κ3) is 3.78. The minimum absolute atomic E-state index is 0.126. The summed E-state index contributed by atoms with van der Waals surface area (Å²) < 4.78 is 0. The van der Waals surface area contributed by atoms with Gasteiger partial charge in [0, 0.05) is 25.6 Å². The van der Waals surface area contributed by atoms with E-state index in [0.29, 0.717) is 23.1 Å². The Balaban J connectivity index is 1.30. The van der Waals surface area contributed by atoms with Gasteiger partial charge in [-0.1, -0.05) is 6.07 Å². The smallest absolute Gasteiger partial charge is 0.262 e. The van der Waals surface area contributed by atoms with Gasteiger partial charge < -0.3 is 5.32 Å². The van der Waals surface area contributed by atoms with Gasteiger partial charge in [-0.3, -0.25) is 34.3 Å². The van der Waals surface area contributed by atoms with Gasteiger partial charge in [0.15, 0.2) is 0 Å². The number of hydrogen-bond acceptors (Lipinski definition) is 6. The zero-order chi connectivity index (χ0) is 21.5. The van der Waals surface area contributed by atoms with Gasteiger partial charge >= 0.3 is 0 Å². The first kappa shape index (κ1) is 20.3. The quantitative estimate of drug-likeness (QED) is 0.701. The Morgan fingerprint density at radius 1 is 0.968 bits per heavy atom. The summed E-state index contributed by atoms with van der Waals surface area (Å²) in [4.78, 5) is 53.0. The minimum atomic E-state index is -0.921. The summed E-state index contributed by atoms with van der Waals surface area (Å²) in [6.07, 6.45) is 5.24. The number of benzene rings is 1. The maximum absolute atomic E-state index is 13.0. The zero-order valence-corrected chi connectivity index (χ0v) is 17.6. The predicted octanol–water partition coefficient (Wildman–Crippen LogP) is 1.05. The van der Waals surface area contributed by atoms with Crippen LogP contribution in [-0.2, 0) is 16.1 Å². The molecular formula is C23H28N4O4. The lowest BCUT2D eigenvalue weighted by atomic mass is 9.89. The van der Waals surface area contributed by atoms with E-state index in [4.69, 9.17) is 0 Å². The van der Waals surface area contributed by atoms with Crippen LogP contribution < -0.4 is 10.6 Å². The van der Waals surface area contributed by atoms with E-state index in [0.717, 1.165) is 36.6 Å². The van der Waals surface area contributed by atoms with E-state index >= 15 is 0 Å². The molecule has 3 atom stereocenters. The van der Waals surface area contributed by atoms with Crippen molar-refractivity contribution >= 4 is 23.6 Å². The molecule has 0 spiro atoms. The summed E-state index contributed by atoms with van der Waals surface area (Å²) in [7, 11) is 0. The topological polar surface area (TPSA) is 98.8 Å². The summed E-state index contributed by atoms with van der Waals surface area (Å²) in [6.45, 7) is 3.95. The molecule has 8 nitrogen and oxygen atoms in total. The van der Waals surface area contributed by atoms with E-state index in [1.807, 2.05) is 6.07 Å². The summed E-state index contributed by atoms with van der Waals surface area (Å²) in [6, 6.07) is 5.12. The van der Waals surface area contributed by atoms with E-state index in [1.165, 1.54) is 25.7 Å². The molecule has 0 aromatic heterocycles. The molecule has 4 aliphatic heterocycles. The first-order valence-electron chi connectivity index (χ1n) is 11.3. The summed E-state index contributed by atoms with van der Waals surface area (Å²) in [5.41, 5.74) is 1.70. The second-order valence-electron chi connectivity index (χ2n) is 9.17. The molecule has 0 aliphatic carbocycles. The molecule has 8 heteroatoms. The third-order valence-electron chi connectivity index (χ3n) is 7.12. The Kier molecular flexibility index (Phi) is 5.35. The van der Waals surface area contributed by atoms with E-state index < -0.39 is 23.8 Å². The van der Waals surface area contributed by atoms with Crippen LogP contribution in [0.4, 0.5) is 0 Å². The fraction of sp³-hybridized carbons (Fsp3) is 0.565. The number of carbonyl (C=O) groups is 4. The van der Waals surface area contributed by atoms with Gasteiger partial charge in [0.05, 0.1) is 11.1 Å². The Morgan fingerprint density at radius 3 is 2.58 bits per heavy atom. The molecule has 0 bridgehead atoms. The molecule has 5 rings (SSSR count). The Morgan fingerprint density at radius 2 is 1.81 bits per heavy atom. The van der Waals surface area contributed by atoms with Crippen LogP contribution in [-0.4, -0.2) is 65.1 Å². The van der Waals surface area contributed by atoms with Gasteiger partial charge in [-0.15, -0.1) is 0 Å². The highest BCUT2D eigenvalue weighted by atomic mass is 16.2. The molecule has 164 valence electrons. The van der Waals surface area contributed by atoms with Crippen LogP contribution >= 0.6 is 0 Å². The van der Waals surface area contributed by atoms with Crippen LogP contribution in [0.3, 0.4) is 0 Å². The number of rotatable bonds is 4. The van der Waals surface area contributed by atoms with Crippen molar-refractivity contribution in [3.05, 3.63) is 34.9 Å². The monoisotopic (exact) mass is 424 g/mol. The molecule has 3 unspecified atom stereocenters. The summed E-state index contributed by atoms with van der Waals surface area (Å²) in [5, 5.41) is 5.86. The van der Waals surface area contributed by atoms with Gasteiger partial charge in [0.1, 0.15) is 6.04 Å². The lowest BCUT2D eigenvalue weighted by Crippen LogP contribution is -2.54. The van der Waals surface area contributed by atoms with Crippen LogP contribution in [0.15, 0.2) is 18.2 Å². The van der Waals surface area contributed by atoms with Crippen molar-refractivity contribution in [3.63, 3.8) is 0 Å². The molecule has 0 saturated carbocycles. The van der Waals surface area contributed by atoms with Crippen molar-refractivity contribution in [2.24, 2.45) is 5.92 Å². The van der Waals surface area contributed by atoms with Crippen LogP contribution in [0.1, 0.15) is 64.8 Å². The third-order valence-corrected chi connectivity index (χ3v) is 7.12. The van der Waals surface area contributed by atoms with Crippen molar-refractivity contribution in [2.75, 3.05) is 19.6 Å². The molecule has 4 amide bonds. The van der Waals surface area contributed by atoms with Crippen molar-refractivity contribution in [3.8, 4) is 0 Å². The SMILES string of the molecule is O=C1CCC(N2C(=O)c3ccc(CN4CCCC(C5CCCN5)C4)cc3C2=O)C(=O)N1. The number of hydrogen-bond donors (Lipinski definition) is 2. The Labute approximate surface area is 181 Å². The highest BCUT2D eigenvalue weighted by Crippen LogP contribution is 2.30. The molecular weight excluding hydrogens is 396 g/mol. The maximum Gasteiger partial charge on any atom is 0.262 e. The molecule has 0 radical (unpaired) electrons. The number of amides is 4. The number of piperidine rings is 2. The molecule has 4 heterocycles. The van der Waals surface area contributed by atoms with Crippen LogP contribution in [0.5, 0.6) is 0 Å². The molecule has 3 saturated heterocycles. The molecule has 2 N–H and O–H groups in total. The highest BCUT2D eigenvalue weighted by molar-refractivity contribution is 6.23. The number of fused-ring (bicyclic) bond motifs is 1. The molecule has 1 aromatic carbocycles. The van der Waals surface area contributed by atoms with Gasteiger partial charge in [-0.05, 0) is 68.8 Å². The second-order valence-corrected chi connectivity index (χ2v) is 9.17. The van der Waals surface area contributed by atoms with Crippen molar-refractivity contribution in [2.45, 2.75) is 57.2 Å². The lowest BCUT2D eigenvalue weighted by molar-refractivity contribution is -0.136. The van der Waals surface area contributed by atoms with Gasteiger partial charge in [-0.2, -0.15) is 0 Å². The summed E-state index contributed by atoms with van der Waals surface area (Å²) >= 11 is 0. The Hall–Kier alpha value is -2.58. The average Bonchev–Trinajstić information content (AvgIpc) is 3.37. The van der Waals surface area contributed by atoms with E-state index in [-0.39, 0.29) is 18.7 Å². The van der Waals surface area contributed by atoms with Gasteiger partial charge in [-0.25, -0.2) is 0 Å². The normalized spacial score (nSPS) is 29.4. The van der Waals surface area contributed by atoms with Crippen LogP contribution in [0.2, 0.25) is 0 Å². The van der Waals surface area contributed by atoms with Crippen molar-refractivity contribution < 1.29 is 19.2 Å². The van der Waals surface area contributed by atoms with Crippen LogP contribution in [0.25, 0.3) is 0 Å². The average molecular weight is 425 g/mol. The number of imide groups is 2. The minimum Gasteiger partial charge on any atom is -0.314 e. The first-order chi connectivity index (χ1) is 15.0. The maximum atomic E-state index is 13.0. The Bertz CT molecular complexity index is 940. The van der Waals surface area contributed by atoms with E-state index in [2.05, 4.69) is 15.5 Å². The number of likely N-dealkylation sites (tertiary alicyclic amines) is 1. The molecule has 1 aromatic rings. The fourth-order valence-corrected chi connectivity index (χ4v) is 5.55. The number of nitrogens with one attached hydrogen (secondary N) is 2.